The van der Waals surface area contributed by atoms with E-state index in [-0.39, 0.29) is 11.1 Å². The Balaban J connectivity index is 1.87. The molecule has 0 unspecified atom stereocenters. The van der Waals surface area contributed by atoms with E-state index in [1.807, 2.05) is 37.8 Å². The van der Waals surface area contributed by atoms with Gasteiger partial charge in [0.15, 0.2) is 0 Å². The van der Waals surface area contributed by atoms with E-state index in [0.29, 0.717) is 48.8 Å². The molecular weight excluding hydrogens is 439 g/mol. The first-order valence-corrected chi connectivity index (χ1v) is 11.1. The number of esters is 1. The van der Waals surface area contributed by atoms with Crippen molar-refractivity contribution in [2.45, 2.75) is 26.3 Å². The number of hydrogen-bond acceptors (Lipinski definition) is 7. The van der Waals surface area contributed by atoms with Gasteiger partial charge < -0.3 is 19.7 Å². The molecule has 0 bridgehead atoms. The second-order valence-electron chi connectivity index (χ2n) is 9.02. The molecule has 2 heterocycles. The number of nitrogens with zero attached hydrogens (tertiary/aromatic N) is 3. The molecule has 0 spiro atoms. The Hall–Kier alpha value is -3.46. The Labute approximate surface area is 197 Å². The summed E-state index contributed by atoms with van der Waals surface area (Å²) in [6.45, 7) is 8.22. The van der Waals surface area contributed by atoms with Crippen molar-refractivity contribution in [3.63, 3.8) is 0 Å². The fourth-order valence-corrected chi connectivity index (χ4v) is 4.34. The number of benzene rings is 2. The van der Waals surface area contributed by atoms with Gasteiger partial charge in [-0.2, -0.15) is 0 Å². The summed E-state index contributed by atoms with van der Waals surface area (Å²) in [6.07, 6.45) is 0. The van der Waals surface area contributed by atoms with Gasteiger partial charge in [0.05, 0.1) is 42.3 Å². The van der Waals surface area contributed by atoms with Crippen LogP contribution in [0.25, 0.3) is 10.9 Å². The monoisotopic (exact) mass is 468 g/mol. The number of fused-ring (bicyclic) bond motifs is 1. The van der Waals surface area contributed by atoms with Crippen molar-refractivity contribution in [3.8, 4) is 0 Å². The summed E-state index contributed by atoms with van der Waals surface area (Å²) in [5.74, 6) is -0.600. The van der Waals surface area contributed by atoms with E-state index in [9.17, 15) is 14.0 Å². The predicted octanol–water partition coefficient (Wildman–Crippen LogP) is 3.35. The highest BCUT2D eigenvalue weighted by atomic mass is 19.1. The maximum absolute atomic E-state index is 13.9. The first kappa shape index (κ1) is 23.7. The number of ether oxygens (including phenoxy) is 2. The summed E-state index contributed by atoms with van der Waals surface area (Å²) < 4.78 is 25.7. The van der Waals surface area contributed by atoms with Crippen molar-refractivity contribution >= 4 is 28.5 Å². The third-order valence-electron chi connectivity index (χ3n) is 6.10. The third-order valence-corrected chi connectivity index (χ3v) is 6.10. The topological polar surface area (TPSA) is 85.7 Å². The minimum absolute atomic E-state index is 0.0883. The number of halogens is 1. The van der Waals surface area contributed by atoms with Crippen LogP contribution in [-0.4, -0.2) is 48.9 Å². The molecule has 180 valence electrons. The molecule has 1 aliphatic rings. The van der Waals surface area contributed by atoms with Gasteiger partial charge in [0.2, 0.25) is 5.95 Å². The second-order valence-corrected chi connectivity index (χ2v) is 9.02. The first-order chi connectivity index (χ1) is 16.1. The molecule has 1 fully saturated rings. The molecule has 0 aliphatic carbocycles. The lowest BCUT2D eigenvalue weighted by molar-refractivity contribution is 0.0601. The summed E-state index contributed by atoms with van der Waals surface area (Å²) in [4.78, 5) is 32.6. The number of anilines is 2. The van der Waals surface area contributed by atoms with Crippen molar-refractivity contribution in [1.29, 1.82) is 0 Å². The molecule has 0 radical (unpaired) electrons. The Morgan fingerprint density at radius 3 is 2.59 bits per heavy atom. The zero-order valence-electron chi connectivity index (χ0n) is 20.1. The van der Waals surface area contributed by atoms with Crippen LogP contribution in [0.2, 0.25) is 0 Å². The molecule has 0 atom stereocenters. The summed E-state index contributed by atoms with van der Waals surface area (Å²) >= 11 is 0. The molecular formula is C25H29FN4O4. The maximum atomic E-state index is 13.9. The van der Waals surface area contributed by atoms with Gasteiger partial charge in [-0.3, -0.25) is 9.36 Å². The number of carbonyl (C=O) groups excluding carboxylic acids is 1. The largest absolute Gasteiger partial charge is 0.465 e. The van der Waals surface area contributed by atoms with Crippen molar-refractivity contribution < 1.29 is 18.7 Å². The molecule has 3 aromatic rings. The lowest BCUT2D eigenvalue weighted by atomic mass is 9.90. The smallest absolute Gasteiger partial charge is 0.340 e. The standard InChI is InChI=1S/C25H29FN4O4/c1-15-12-18-21(27-24(29(4)22(18)31)30-8-10-34-11-9-30)19(13-15)25(2,3)28-20-7-6-16(26)14-17(20)23(32)33-5/h6-7,12-14,28H,8-11H2,1-5H3. The highest BCUT2D eigenvalue weighted by Crippen LogP contribution is 2.33. The molecule has 8 nitrogen and oxygen atoms in total. The van der Waals surface area contributed by atoms with Crippen molar-refractivity contribution in [2.24, 2.45) is 7.05 Å². The van der Waals surface area contributed by atoms with Crippen LogP contribution < -0.4 is 15.8 Å². The first-order valence-electron chi connectivity index (χ1n) is 11.1. The van der Waals surface area contributed by atoms with Gasteiger partial charge in [0, 0.05) is 31.4 Å². The minimum Gasteiger partial charge on any atom is -0.465 e. The molecule has 4 rings (SSSR count). The van der Waals surface area contributed by atoms with Crippen LogP contribution in [0, 0.1) is 12.7 Å². The lowest BCUT2D eigenvalue weighted by Gasteiger charge is -2.32. The van der Waals surface area contributed by atoms with Crippen LogP contribution in [0.5, 0.6) is 0 Å². The third kappa shape index (κ3) is 4.35. The number of rotatable bonds is 5. The van der Waals surface area contributed by atoms with Crippen molar-refractivity contribution in [2.75, 3.05) is 43.6 Å². The highest BCUT2D eigenvalue weighted by Gasteiger charge is 2.28. The van der Waals surface area contributed by atoms with Crippen LogP contribution in [0.1, 0.15) is 35.3 Å². The van der Waals surface area contributed by atoms with Gasteiger partial charge in [-0.1, -0.05) is 6.07 Å². The Morgan fingerprint density at radius 1 is 1.21 bits per heavy atom. The number of aryl methyl sites for hydroxylation is 1. The number of aromatic nitrogens is 2. The SMILES string of the molecule is COC(=O)c1cc(F)ccc1NC(C)(C)c1cc(C)cc2c(=O)n(C)c(N3CCOCC3)nc12. The average molecular weight is 469 g/mol. The van der Waals surface area contributed by atoms with Crippen molar-refractivity contribution in [1.82, 2.24) is 9.55 Å². The molecule has 9 heteroatoms. The molecule has 2 aromatic carbocycles. The quantitative estimate of drug-likeness (QED) is 0.575. The van der Waals surface area contributed by atoms with E-state index in [0.717, 1.165) is 17.2 Å². The molecule has 34 heavy (non-hydrogen) atoms. The number of morpholine rings is 1. The number of carbonyl (C=O) groups is 1. The highest BCUT2D eigenvalue weighted by molar-refractivity contribution is 5.96. The van der Waals surface area contributed by atoms with Gasteiger partial charge in [-0.25, -0.2) is 14.2 Å². The van der Waals surface area contributed by atoms with Crippen LogP contribution in [-0.2, 0) is 22.1 Å². The van der Waals surface area contributed by atoms with E-state index < -0.39 is 17.3 Å². The molecule has 0 amide bonds. The number of nitrogens with one attached hydrogen (secondary N) is 1. The van der Waals surface area contributed by atoms with Gasteiger partial charge in [-0.05, 0) is 50.6 Å². The van der Waals surface area contributed by atoms with E-state index >= 15 is 0 Å². The second kappa shape index (κ2) is 9.06. The molecule has 1 saturated heterocycles. The zero-order chi connectivity index (χ0) is 24.6. The van der Waals surface area contributed by atoms with Crippen LogP contribution in [0.4, 0.5) is 16.0 Å². The van der Waals surface area contributed by atoms with E-state index in [1.165, 1.54) is 19.2 Å². The van der Waals surface area contributed by atoms with Crippen LogP contribution in [0.3, 0.4) is 0 Å². The average Bonchev–Trinajstić information content (AvgIpc) is 2.82. The zero-order valence-corrected chi connectivity index (χ0v) is 20.1. The maximum Gasteiger partial charge on any atom is 0.340 e. The van der Waals surface area contributed by atoms with Gasteiger partial charge in [-0.15, -0.1) is 0 Å². The van der Waals surface area contributed by atoms with Gasteiger partial charge >= 0.3 is 5.97 Å². The van der Waals surface area contributed by atoms with Gasteiger partial charge in [0.25, 0.3) is 5.56 Å². The van der Waals surface area contributed by atoms with Crippen molar-refractivity contribution in [3.05, 3.63) is 63.2 Å². The summed E-state index contributed by atoms with van der Waals surface area (Å²) in [5.41, 5.74) is 1.87. The number of methoxy groups -OCH3 is 1. The normalized spacial score (nSPS) is 14.4. The Morgan fingerprint density at radius 2 is 1.91 bits per heavy atom. The number of hydrogen-bond donors (Lipinski definition) is 1. The Kier molecular flexibility index (Phi) is 6.31. The lowest BCUT2D eigenvalue weighted by Crippen LogP contribution is -2.40. The van der Waals surface area contributed by atoms with Gasteiger partial charge in [0.1, 0.15) is 5.82 Å². The summed E-state index contributed by atoms with van der Waals surface area (Å²) in [7, 11) is 2.98. The Bertz CT molecular complexity index is 1310. The van der Waals surface area contributed by atoms with E-state index in [4.69, 9.17) is 14.5 Å². The molecule has 1 N–H and O–H groups in total. The summed E-state index contributed by atoms with van der Waals surface area (Å²) in [5, 5.41) is 3.86. The fraction of sp³-hybridized carbons (Fsp3) is 0.400. The van der Waals surface area contributed by atoms with Crippen LogP contribution in [0.15, 0.2) is 35.1 Å². The molecule has 0 saturated carbocycles. The van der Waals surface area contributed by atoms with E-state index in [1.54, 1.807) is 11.6 Å². The molecule has 1 aliphatic heterocycles. The minimum atomic E-state index is -0.771. The van der Waals surface area contributed by atoms with E-state index in [2.05, 4.69) is 5.32 Å². The fourth-order valence-electron chi connectivity index (χ4n) is 4.34. The predicted molar refractivity (Wildman–Crippen MR) is 129 cm³/mol. The molecule has 1 aromatic heterocycles. The van der Waals surface area contributed by atoms with Crippen LogP contribution >= 0.6 is 0 Å². The summed E-state index contributed by atoms with van der Waals surface area (Å²) in [6, 6.07) is 7.75.